The standard InChI is InChI=1S/C19H26N4O3/c1-13(2)18-22-19(26-23-18)17(14-8-11-25-12-9-14)21-16(24)7-6-15-5-3-4-10-20-15/h3-5,10,13-14,17H,6-9,11-12H2,1-2H3,(H,21,24)/t17-/m0/s1. The molecule has 140 valence electrons. The summed E-state index contributed by atoms with van der Waals surface area (Å²) in [7, 11) is 0. The summed E-state index contributed by atoms with van der Waals surface area (Å²) in [4.78, 5) is 21.3. The minimum Gasteiger partial charge on any atom is -0.381 e. The van der Waals surface area contributed by atoms with Gasteiger partial charge >= 0.3 is 0 Å². The fourth-order valence-electron chi connectivity index (χ4n) is 3.07. The van der Waals surface area contributed by atoms with Gasteiger partial charge in [0.1, 0.15) is 6.04 Å². The van der Waals surface area contributed by atoms with Crippen LogP contribution in [0, 0.1) is 5.92 Å². The third-order valence-corrected chi connectivity index (χ3v) is 4.63. The maximum absolute atomic E-state index is 12.5. The van der Waals surface area contributed by atoms with Gasteiger partial charge < -0.3 is 14.6 Å². The number of hydrogen-bond donors (Lipinski definition) is 1. The van der Waals surface area contributed by atoms with Gasteiger partial charge in [-0.1, -0.05) is 25.1 Å². The van der Waals surface area contributed by atoms with Crippen molar-refractivity contribution in [1.82, 2.24) is 20.4 Å². The summed E-state index contributed by atoms with van der Waals surface area (Å²) in [6, 6.07) is 5.45. The Morgan fingerprint density at radius 1 is 1.31 bits per heavy atom. The Morgan fingerprint density at radius 3 is 2.77 bits per heavy atom. The van der Waals surface area contributed by atoms with Crippen LogP contribution in [0.3, 0.4) is 0 Å². The molecule has 1 N–H and O–H groups in total. The van der Waals surface area contributed by atoms with Gasteiger partial charge in [-0.25, -0.2) is 0 Å². The highest BCUT2D eigenvalue weighted by Crippen LogP contribution is 2.30. The molecule has 1 atom stereocenters. The molecule has 0 radical (unpaired) electrons. The third kappa shape index (κ3) is 4.88. The Bertz CT molecular complexity index is 696. The Morgan fingerprint density at radius 2 is 2.12 bits per heavy atom. The SMILES string of the molecule is CC(C)c1noc([C@@H](NC(=O)CCc2ccccn2)C2CCOCC2)n1. The Balaban J connectivity index is 1.67. The van der Waals surface area contributed by atoms with Crippen LogP contribution in [-0.2, 0) is 16.0 Å². The summed E-state index contributed by atoms with van der Waals surface area (Å²) in [6.45, 7) is 5.42. The Kier molecular flexibility index (Phi) is 6.33. The second kappa shape index (κ2) is 8.89. The van der Waals surface area contributed by atoms with Crippen molar-refractivity contribution in [2.45, 2.75) is 51.5 Å². The largest absolute Gasteiger partial charge is 0.381 e. The van der Waals surface area contributed by atoms with Crippen LogP contribution in [0.25, 0.3) is 0 Å². The van der Waals surface area contributed by atoms with Crippen LogP contribution in [0.5, 0.6) is 0 Å². The van der Waals surface area contributed by atoms with E-state index in [0.717, 1.165) is 18.5 Å². The smallest absolute Gasteiger partial charge is 0.249 e. The summed E-state index contributed by atoms with van der Waals surface area (Å²) in [6.07, 6.45) is 4.45. The maximum Gasteiger partial charge on any atom is 0.249 e. The van der Waals surface area contributed by atoms with E-state index in [4.69, 9.17) is 9.26 Å². The molecule has 0 bridgehead atoms. The second-order valence-electron chi connectivity index (χ2n) is 6.96. The molecule has 3 heterocycles. The number of rotatable bonds is 7. The first-order valence-corrected chi connectivity index (χ1v) is 9.24. The number of hydrogen-bond acceptors (Lipinski definition) is 6. The molecule has 1 saturated heterocycles. The summed E-state index contributed by atoms with van der Waals surface area (Å²) < 4.78 is 10.9. The van der Waals surface area contributed by atoms with E-state index in [2.05, 4.69) is 20.4 Å². The average molecular weight is 358 g/mol. The zero-order chi connectivity index (χ0) is 18.4. The van der Waals surface area contributed by atoms with Crippen molar-refractivity contribution in [1.29, 1.82) is 0 Å². The molecule has 2 aromatic rings. The van der Waals surface area contributed by atoms with E-state index < -0.39 is 0 Å². The number of nitrogens with zero attached hydrogens (tertiary/aromatic N) is 3. The lowest BCUT2D eigenvalue weighted by Crippen LogP contribution is -2.36. The molecule has 0 unspecified atom stereocenters. The van der Waals surface area contributed by atoms with Crippen molar-refractivity contribution in [2.75, 3.05) is 13.2 Å². The predicted octanol–water partition coefficient (Wildman–Crippen LogP) is 2.80. The molecule has 2 aromatic heterocycles. The van der Waals surface area contributed by atoms with Gasteiger partial charge in [-0.3, -0.25) is 9.78 Å². The molecular formula is C19H26N4O3. The van der Waals surface area contributed by atoms with E-state index in [9.17, 15) is 4.79 Å². The van der Waals surface area contributed by atoms with Crippen molar-refractivity contribution >= 4 is 5.91 Å². The fourth-order valence-corrected chi connectivity index (χ4v) is 3.07. The molecular weight excluding hydrogens is 332 g/mol. The van der Waals surface area contributed by atoms with E-state index in [1.54, 1.807) is 6.20 Å². The topological polar surface area (TPSA) is 90.1 Å². The molecule has 0 aromatic carbocycles. The minimum atomic E-state index is -0.268. The van der Waals surface area contributed by atoms with Crippen LogP contribution in [-0.4, -0.2) is 34.2 Å². The van der Waals surface area contributed by atoms with Crippen LogP contribution in [0.15, 0.2) is 28.9 Å². The van der Waals surface area contributed by atoms with Gasteiger partial charge in [0.25, 0.3) is 0 Å². The number of nitrogens with one attached hydrogen (secondary N) is 1. The zero-order valence-corrected chi connectivity index (χ0v) is 15.4. The summed E-state index contributed by atoms with van der Waals surface area (Å²) in [5.41, 5.74) is 0.908. The van der Waals surface area contributed by atoms with Gasteiger partial charge in [-0.15, -0.1) is 0 Å². The van der Waals surface area contributed by atoms with Crippen molar-refractivity contribution in [2.24, 2.45) is 5.92 Å². The summed E-state index contributed by atoms with van der Waals surface area (Å²) in [5, 5.41) is 7.16. The van der Waals surface area contributed by atoms with Gasteiger partial charge in [-0.2, -0.15) is 4.98 Å². The summed E-state index contributed by atoms with van der Waals surface area (Å²) in [5.74, 6) is 1.55. The number of carbonyl (C=O) groups excluding carboxylic acids is 1. The van der Waals surface area contributed by atoms with Gasteiger partial charge in [0, 0.05) is 37.4 Å². The lowest BCUT2D eigenvalue weighted by molar-refractivity contribution is -0.122. The molecule has 0 saturated carbocycles. The zero-order valence-electron chi connectivity index (χ0n) is 15.4. The highest BCUT2D eigenvalue weighted by atomic mass is 16.5. The third-order valence-electron chi connectivity index (χ3n) is 4.63. The first kappa shape index (κ1) is 18.5. The van der Waals surface area contributed by atoms with E-state index in [-0.39, 0.29) is 23.8 Å². The van der Waals surface area contributed by atoms with Crippen LogP contribution in [0.1, 0.15) is 62.5 Å². The van der Waals surface area contributed by atoms with Crippen molar-refractivity contribution in [3.05, 3.63) is 41.8 Å². The van der Waals surface area contributed by atoms with Crippen LogP contribution >= 0.6 is 0 Å². The number of aromatic nitrogens is 3. The van der Waals surface area contributed by atoms with Crippen LogP contribution in [0.2, 0.25) is 0 Å². The number of amides is 1. The molecule has 7 heteroatoms. The lowest BCUT2D eigenvalue weighted by atomic mass is 9.91. The van der Waals surface area contributed by atoms with E-state index in [1.807, 2.05) is 32.0 Å². The van der Waals surface area contributed by atoms with E-state index in [1.165, 1.54) is 0 Å². The van der Waals surface area contributed by atoms with Crippen molar-refractivity contribution in [3.63, 3.8) is 0 Å². The average Bonchev–Trinajstić information content (AvgIpc) is 3.16. The van der Waals surface area contributed by atoms with Gasteiger partial charge in [0.2, 0.25) is 11.8 Å². The molecule has 1 fully saturated rings. The number of ether oxygens (including phenoxy) is 1. The van der Waals surface area contributed by atoms with Crippen molar-refractivity contribution in [3.8, 4) is 0 Å². The van der Waals surface area contributed by atoms with Gasteiger partial charge in [-0.05, 0) is 37.3 Å². The number of pyridine rings is 1. The normalized spacial score (nSPS) is 16.6. The second-order valence-corrected chi connectivity index (χ2v) is 6.96. The van der Waals surface area contributed by atoms with E-state index >= 15 is 0 Å². The molecule has 0 spiro atoms. The summed E-state index contributed by atoms with van der Waals surface area (Å²) >= 11 is 0. The quantitative estimate of drug-likeness (QED) is 0.818. The lowest BCUT2D eigenvalue weighted by Gasteiger charge is -2.28. The van der Waals surface area contributed by atoms with Gasteiger partial charge in [0.15, 0.2) is 5.82 Å². The molecule has 3 rings (SSSR count). The minimum absolute atomic E-state index is 0.0311. The van der Waals surface area contributed by atoms with Crippen LogP contribution < -0.4 is 5.32 Å². The highest BCUT2D eigenvalue weighted by molar-refractivity contribution is 5.76. The Hall–Kier alpha value is -2.28. The molecule has 26 heavy (non-hydrogen) atoms. The molecule has 1 aliphatic heterocycles. The Labute approximate surface area is 153 Å². The molecule has 7 nitrogen and oxygen atoms in total. The van der Waals surface area contributed by atoms with Crippen LogP contribution in [0.4, 0.5) is 0 Å². The first-order chi connectivity index (χ1) is 12.6. The highest BCUT2D eigenvalue weighted by Gasteiger charge is 2.31. The fraction of sp³-hybridized carbons (Fsp3) is 0.579. The first-order valence-electron chi connectivity index (χ1n) is 9.24. The maximum atomic E-state index is 12.5. The molecule has 0 aliphatic carbocycles. The monoisotopic (exact) mass is 358 g/mol. The number of aryl methyl sites for hydroxylation is 1. The predicted molar refractivity (Wildman–Crippen MR) is 95.4 cm³/mol. The molecule has 1 aliphatic rings. The molecule has 1 amide bonds. The van der Waals surface area contributed by atoms with E-state index in [0.29, 0.717) is 37.8 Å². The number of carbonyl (C=O) groups is 1. The van der Waals surface area contributed by atoms with Crippen molar-refractivity contribution < 1.29 is 14.1 Å². The van der Waals surface area contributed by atoms with Gasteiger partial charge in [0.05, 0.1) is 0 Å².